The van der Waals surface area contributed by atoms with Crippen LogP contribution in [0.25, 0.3) is 16.0 Å². The van der Waals surface area contributed by atoms with Gasteiger partial charge >= 0.3 is 5.91 Å². The number of fused-ring (bicyclic) bond motifs is 1. The molecule has 1 saturated heterocycles. The number of aromatic nitrogens is 1. The number of carbonyl (C=O) groups is 2. The fourth-order valence-corrected chi connectivity index (χ4v) is 5.74. The molecule has 0 saturated carbocycles. The summed E-state index contributed by atoms with van der Waals surface area (Å²) in [4.78, 5) is 32.9. The van der Waals surface area contributed by atoms with Crippen LogP contribution >= 0.6 is 22.9 Å². The normalized spacial score (nSPS) is 17.4. The summed E-state index contributed by atoms with van der Waals surface area (Å²) in [6, 6.07) is 16.7. The largest absolute Gasteiger partial charge is 0.507 e. The molecule has 0 spiro atoms. The maximum atomic E-state index is 13.5. The third-order valence-electron chi connectivity index (χ3n) is 6.02. The van der Waals surface area contributed by atoms with Crippen molar-refractivity contribution in [1.29, 1.82) is 0 Å². The number of thiazole rings is 1. The molecule has 0 radical (unpaired) electrons. The maximum absolute atomic E-state index is 13.5. The first-order valence-corrected chi connectivity index (χ1v) is 12.1. The molecule has 1 N–H and O–H groups in total. The predicted octanol–water partition coefficient (Wildman–Crippen LogP) is 6.20. The number of Topliss-reactive ketones (excluding diaryl/α,β-unsaturated/α-hetero) is 1. The Morgan fingerprint density at radius 3 is 2.51 bits per heavy atom. The van der Waals surface area contributed by atoms with Crippen LogP contribution in [-0.2, 0) is 9.59 Å². The second-order valence-corrected chi connectivity index (χ2v) is 9.79. The summed E-state index contributed by atoms with van der Waals surface area (Å²) in [6.45, 7) is 3.96. The van der Waals surface area contributed by atoms with Crippen LogP contribution < -0.4 is 9.64 Å². The number of aliphatic hydroxyl groups excluding tert-OH is 1. The molecular weight excluding hydrogens is 484 g/mol. The lowest BCUT2D eigenvalue weighted by Gasteiger charge is -2.24. The molecule has 1 fully saturated rings. The number of amides is 1. The number of methoxy groups -OCH3 is 1. The number of para-hydroxylation sites is 1. The van der Waals surface area contributed by atoms with Gasteiger partial charge in [-0.3, -0.25) is 14.5 Å². The molecule has 0 unspecified atom stereocenters. The number of nitrogens with zero attached hydrogens (tertiary/aromatic N) is 2. The summed E-state index contributed by atoms with van der Waals surface area (Å²) in [6.07, 6.45) is 0. The number of ether oxygens (including phenoxy) is 1. The van der Waals surface area contributed by atoms with Gasteiger partial charge in [0.05, 0.1) is 22.9 Å². The van der Waals surface area contributed by atoms with Crippen molar-refractivity contribution in [2.24, 2.45) is 0 Å². The second kappa shape index (κ2) is 8.83. The fraction of sp³-hybridized carbons (Fsp3) is 0.148. The zero-order chi connectivity index (χ0) is 24.9. The number of ketones is 1. The Morgan fingerprint density at radius 2 is 1.80 bits per heavy atom. The standard InChI is InChI=1S/C27H21ClN2O4S/c1-14-12-15(2)22-20(13-14)35-27(29-22)30-23(18-6-4-5-7-19(18)34-3)21(25(32)26(30)33)24(31)16-8-10-17(28)11-9-16/h4-13,23,31H,1-3H3/b24-21+/t23-/m0/s1. The maximum Gasteiger partial charge on any atom is 0.301 e. The fourth-order valence-electron chi connectivity index (χ4n) is 4.44. The quantitative estimate of drug-likeness (QED) is 0.203. The first-order valence-electron chi connectivity index (χ1n) is 10.9. The van der Waals surface area contributed by atoms with E-state index >= 15 is 0 Å². The van der Waals surface area contributed by atoms with Crippen LogP contribution in [0.15, 0.2) is 66.2 Å². The summed E-state index contributed by atoms with van der Waals surface area (Å²) < 4.78 is 6.48. The number of aliphatic hydroxyl groups is 1. The van der Waals surface area contributed by atoms with Gasteiger partial charge in [0.1, 0.15) is 17.6 Å². The molecule has 6 nitrogen and oxygen atoms in total. The highest BCUT2D eigenvalue weighted by Gasteiger charge is 2.49. The van der Waals surface area contributed by atoms with Crippen molar-refractivity contribution in [3.8, 4) is 5.75 Å². The van der Waals surface area contributed by atoms with Gasteiger partial charge in [-0.2, -0.15) is 0 Å². The van der Waals surface area contributed by atoms with Crippen LogP contribution in [0.2, 0.25) is 5.02 Å². The van der Waals surface area contributed by atoms with E-state index in [-0.39, 0.29) is 11.3 Å². The summed E-state index contributed by atoms with van der Waals surface area (Å²) in [5.74, 6) is -1.35. The van der Waals surface area contributed by atoms with Crippen molar-refractivity contribution >= 4 is 55.7 Å². The van der Waals surface area contributed by atoms with Crippen molar-refractivity contribution in [1.82, 2.24) is 4.98 Å². The van der Waals surface area contributed by atoms with E-state index in [1.165, 1.54) is 23.3 Å². The topological polar surface area (TPSA) is 79.7 Å². The smallest absolute Gasteiger partial charge is 0.301 e. The number of aryl methyl sites for hydroxylation is 2. The van der Waals surface area contributed by atoms with Crippen molar-refractivity contribution in [2.75, 3.05) is 12.0 Å². The molecule has 4 aromatic rings. The highest BCUT2D eigenvalue weighted by Crippen LogP contribution is 2.46. The second-order valence-electron chi connectivity index (χ2n) is 8.34. The van der Waals surface area contributed by atoms with E-state index < -0.39 is 17.7 Å². The van der Waals surface area contributed by atoms with Gasteiger partial charge in [0.15, 0.2) is 5.13 Å². The number of rotatable bonds is 4. The molecule has 2 heterocycles. The first-order chi connectivity index (χ1) is 16.8. The molecule has 1 aliphatic rings. The SMILES string of the molecule is COc1ccccc1[C@H]1/C(=C(\O)c2ccc(Cl)cc2)C(=O)C(=O)N1c1nc2c(C)cc(C)cc2s1. The Kier molecular flexibility index (Phi) is 5.83. The third-order valence-corrected chi connectivity index (χ3v) is 7.27. The minimum absolute atomic E-state index is 0.0334. The van der Waals surface area contributed by atoms with Crippen LogP contribution in [0.4, 0.5) is 5.13 Å². The van der Waals surface area contributed by atoms with E-state index in [0.717, 1.165) is 21.3 Å². The number of halogens is 1. The van der Waals surface area contributed by atoms with E-state index in [0.29, 0.717) is 27.0 Å². The summed E-state index contributed by atoms with van der Waals surface area (Å²) in [5, 5.41) is 12.1. The Balaban J connectivity index is 1.77. The van der Waals surface area contributed by atoms with Gasteiger partial charge in [0.2, 0.25) is 0 Å². The Bertz CT molecular complexity index is 1520. The molecule has 1 aliphatic heterocycles. The van der Waals surface area contributed by atoms with E-state index in [2.05, 4.69) is 0 Å². The summed E-state index contributed by atoms with van der Waals surface area (Å²) >= 11 is 7.34. The van der Waals surface area contributed by atoms with Crippen LogP contribution in [0.1, 0.15) is 28.3 Å². The number of anilines is 1. The average molecular weight is 505 g/mol. The predicted molar refractivity (Wildman–Crippen MR) is 138 cm³/mol. The number of hydrogen-bond donors (Lipinski definition) is 1. The van der Waals surface area contributed by atoms with Crippen molar-refractivity contribution in [2.45, 2.75) is 19.9 Å². The van der Waals surface area contributed by atoms with E-state index in [9.17, 15) is 14.7 Å². The molecule has 5 rings (SSSR count). The molecule has 1 amide bonds. The average Bonchev–Trinajstić information content (AvgIpc) is 3.37. The van der Waals surface area contributed by atoms with Crippen LogP contribution in [0.3, 0.4) is 0 Å². The molecule has 35 heavy (non-hydrogen) atoms. The zero-order valence-electron chi connectivity index (χ0n) is 19.2. The number of carbonyl (C=O) groups excluding carboxylic acids is 2. The Hall–Kier alpha value is -3.68. The highest BCUT2D eigenvalue weighted by atomic mass is 35.5. The monoisotopic (exact) mass is 504 g/mol. The first kappa shape index (κ1) is 23.1. The van der Waals surface area contributed by atoms with Gasteiger partial charge < -0.3 is 9.84 Å². The molecule has 0 bridgehead atoms. The van der Waals surface area contributed by atoms with Gasteiger partial charge in [-0.25, -0.2) is 4.98 Å². The summed E-state index contributed by atoms with van der Waals surface area (Å²) in [7, 11) is 1.52. The lowest BCUT2D eigenvalue weighted by Crippen LogP contribution is -2.29. The van der Waals surface area contributed by atoms with Gasteiger partial charge in [-0.1, -0.05) is 47.2 Å². The van der Waals surface area contributed by atoms with Crippen molar-refractivity contribution in [3.05, 3.63) is 93.5 Å². The van der Waals surface area contributed by atoms with Gasteiger partial charge in [-0.05, 0) is 61.4 Å². The van der Waals surface area contributed by atoms with Crippen LogP contribution in [-0.4, -0.2) is 28.9 Å². The zero-order valence-corrected chi connectivity index (χ0v) is 20.8. The minimum Gasteiger partial charge on any atom is -0.507 e. The molecule has 0 aliphatic carbocycles. The Morgan fingerprint density at radius 1 is 1.09 bits per heavy atom. The minimum atomic E-state index is -0.927. The van der Waals surface area contributed by atoms with Crippen LogP contribution in [0, 0.1) is 13.8 Å². The molecule has 8 heteroatoms. The summed E-state index contributed by atoms with van der Waals surface area (Å²) in [5.41, 5.74) is 3.74. The molecule has 1 aromatic heterocycles. The number of benzene rings is 3. The number of hydrogen-bond acceptors (Lipinski definition) is 6. The highest BCUT2D eigenvalue weighted by molar-refractivity contribution is 7.22. The lowest BCUT2D eigenvalue weighted by atomic mass is 9.95. The molecular formula is C27H21ClN2O4S. The molecule has 176 valence electrons. The van der Waals surface area contributed by atoms with E-state index in [4.69, 9.17) is 21.3 Å². The van der Waals surface area contributed by atoms with Gasteiger partial charge in [0, 0.05) is 16.1 Å². The van der Waals surface area contributed by atoms with Gasteiger partial charge in [0.25, 0.3) is 5.78 Å². The van der Waals surface area contributed by atoms with Crippen LogP contribution in [0.5, 0.6) is 5.75 Å². The lowest BCUT2D eigenvalue weighted by molar-refractivity contribution is -0.132. The van der Waals surface area contributed by atoms with E-state index in [1.807, 2.05) is 26.0 Å². The molecule has 3 aromatic carbocycles. The van der Waals surface area contributed by atoms with Crippen molar-refractivity contribution < 1.29 is 19.4 Å². The van der Waals surface area contributed by atoms with Crippen molar-refractivity contribution in [3.63, 3.8) is 0 Å². The third kappa shape index (κ3) is 3.87. The Labute approximate surface area is 211 Å². The van der Waals surface area contributed by atoms with E-state index in [1.54, 1.807) is 48.5 Å². The van der Waals surface area contributed by atoms with Gasteiger partial charge in [-0.15, -0.1) is 0 Å². The molecule has 1 atom stereocenters.